The lowest BCUT2D eigenvalue weighted by Gasteiger charge is -2.39. The molecule has 0 spiro atoms. The van der Waals surface area contributed by atoms with Crippen molar-refractivity contribution in [3.05, 3.63) is 29.8 Å². The van der Waals surface area contributed by atoms with E-state index < -0.39 is 11.5 Å². The Hall–Kier alpha value is -2.26. The first-order chi connectivity index (χ1) is 12.6. The molecule has 26 heavy (non-hydrogen) atoms. The second-order valence-electron chi connectivity index (χ2n) is 7.41. The van der Waals surface area contributed by atoms with Gasteiger partial charge in [0.15, 0.2) is 0 Å². The molecule has 1 aliphatic carbocycles. The van der Waals surface area contributed by atoms with Gasteiger partial charge in [0.2, 0.25) is 0 Å². The standard InChI is InChI=1S/C20H27N3O3/c1-26-18-4-2-3-15(13-18)20(14-21)9-5-16(6-10-20)22-17-7-11-23(12-8-17)19(24)25/h2-4,13,16-17,22H,5-12H2,1H3,(H,24,25)/t16-,20-. The second kappa shape index (κ2) is 7.96. The third kappa shape index (κ3) is 3.94. The van der Waals surface area contributed by atoms with E-state index >= 15 is 0 Å². The van der Waals surface area contributed by atoms with Gasteiger partial charge >= 0.3 is 6.09 Å². The number of likely N-dealkylation sites (tertiary alicyclic amines) is 1. The van der Waals surface area contributed by atoms with Crippen LogP contribution in [0.1, 0.15) is 44.1 Å². The Morgan fingerprint density at radius 3 is 2.50 bits per heavy atom. The highest BCUT2D eigenvalue weighted by Gasteiger charge is 2.38. The molecule has 0 atom stereocenters. The van der Waals surface area contributed by atoms with Gasteiger partial charge in [-0.25, -0.2) is 4.79 Å². The Labute approximate surface area is 154 Å². The Morgan fingerprint density at radius 2 is 1.92 bits per heavy atom. The van der Waals surface area contributed by atoms with Crippen LogP contribution in [0.2, 0.25) is 0 Å². The Kier molecular flexibility index (Phi) is 5.67. The van der Waals surface area contributed by atoms with Crippen molar-refractivity contribution in [2.75, 3.05) is 20.2 Å². The molecule has 1 aliphatic heterocycles. The highest BCUT2D eigenvalue weighted by molar-refractivity contribution is 5.65. The minimum Gasteiger partial charge on any atom is -0.497 e. The number of carboxylic acid groups (broad SMARTS) is 1. The molecule has 2 N–H and O–H groups in total. The maximum absolute atomic E-state index is 11.0. The van der Waals surface area contributed by atoms with E-state index in [0.29, 0.717) is 25.2 Å². The Morgan fingerprint density at radius 1 is 1.27 bits per heavy atom. The number of benzene rings is 1. The topological polar surface area (TPSA) is 85.6 Å². The van der Waals surface area contributed by atoms with Crippen molar-refractivity contribution in [2.45, 2.75) is 56.0 Å². The van der Waals surface area contributed by atoms with Gasteiger partial charge in [-0.3, -0.25) is 0 Å². The third-order valence-electron chi connectivity index (χ3n) is 5.91. The molecule has 1 saturated heterocycles. The van der Waals surface area contributed by atoms with Crippen LogP contribution in [0.25, 0.3) is 0 Å². The number of piperidine rings is 1. The zero-order valence-electron chi connectivity index (χ0n) is 15.3. The fourth-order valence-corrected chi connectivity index (χ4v) is 4.23. The lowest BCUT2D eigenvalue weighted by atomic mass is 9.69. The third-order valence-corrected chi connectivity index (χ3v) is 5.91. The van der Waals surface area contributed by atoms with E-state index in [9.17, 15) is 10.1 Å². The number of ether oxygens (including phenoxy) is 1. The molecule has 2 aliphatic rings. The molecule has 6 heteroatoms. The monoisotopic (exact) mass is 357 g/mol. The summed E-state index contributed by atoms with van der Waals surface area (Å²) in [4.78, 5) is 12.5. The summed E-state index contributed by atoms with van der Waals surface area (Å²) in [6, 6.07) is 11.2. The van der Waals surface area contributed by atoms with Crippen molar-refractivity contribution in [3.63, 3.8) is 0 Å². The summed E-state index contributed by atoms with van der Waals surface area (Å²) in [6.07, 6.45) is 4.50. The van der Waals surface area contributed by atoms with Gasteiger partial charge in [-0.1, -0.05) is 12.1 Å². The van der Waals surface area contributed by atoms with E-state index in [1.165, 1.54) is 4.90 Å². The summed E-state index contributed by atoms with van der Waals surface area (Å²) in [7, 11) is 1.65. The molecule has 0 radical (unpaired) electrons. The number of amides is 1. The SMILES string of the molecule is COc1cccc([C@]2(C#N)CC[C@@H](NC3CCN(C(=O)O)CC3)CC2)c1. The van der Waals surface area contributed by atoms with Crippen LogP contribution in [0.3, 0.4) is 0 Å². The van der Waals surface area contributed by atoms with Crippen molar-refractivity contribution < 1.29 is 14.6 Å². The first-order valence-electron chi connectivity index (χ1n) is 9.36. The van der Waals surface area contributed by atoms with E-state index in [-0.39, 0.29) is 0 Å². The molecule has 2 fully saturated rings. The van der Waals surface area contributed by atoms with Crippen molar-refractivity contribution >= 4 is 6.09 Å². The Balaban J connectivity index is 1.56. The molecule has 1 heterocycles. The summed E-state index contributed by atoms with van der Waals surface area (Å²) < 4.78 is 5.31. The highest BCUT2D eigenvalue weighted by atomic mass is 16.5. The summed E-state index contributed by atoms with van der Waals surface area (Å²) in [5.74, 6) is 0.794. The molecule has 1 aromatic carbocycles. The lowest BCUT2D eigenvalue weighted by molar-refractivity contribution is 0.125. The van der Waals surface area contributed by atoms with Gasteiger partial charge in [0.05, 0.1) is 18.6 Å². The molecular formula is C20H27N3O3. The number of methoxy groups -OCH3 is 1. The molecule has 0 bridgehead atoms. The normalized spacial score (nSPS) is 26.9. The molecule has 140 valence electrons. The maximum atomic E-state index is 11.0. The van der Waals surface area contributed by atoms with Gasteiger partial charge in [-0.05, 0) is 56.2 Å². The average molecular weight is 357 g/mol. The Bertz CT molecular complexity index is 669. The zero-order valence-corrected chi connectivity index (χ0v) is 15.3. The average Bonchev–Trinajstić information content (AvgIpc) is 2.69. The van der Waals surface area contributed by atoms with Crippen LogP contribution in [0, 0.1) is 11.3 Å². The van der Waals surface area contributed by atoms with Gasteiger partial charge in [0.25, 0.3) is 0 Å². The van der Waals surface area contributed by atoms with Gasteiger partial charge in [-0.15, -0.1) is 0 Å². The molecular weight excluding hydrogens is 330 g/mol. The van der Waals surface area contributed by atoms with Crippen molar-refractivity contribution in [2.24, 2.45) is 0 Å². The van der Waals surface area contributed by atoms with Crippen molar-refractivity contribution in [3.8, 4) is 11.8 Å². The fraction of sp³-hybridized carbons (Fsp3) is 0.600. The van der Waals surface area contributed by atoms with Gasteiger partial charge in [-0.2, -0.15) is 5.26 Å². The quantitative estimate of drug-likeness (QED) is 0.865. The number of nitrogens with one attached hydrogen (secondary N) is 1. The van der Waals surface area contributed by atoms with Crippen LogP contribution in [0.4, 0.5) is 4.79 Å². The number of hydrogen-bond acceptors (Lipinski definition) is 4. The highest BCUT2D eigenvalue weighted by Crippen LogP contribution is 2.40. The van der Waals surface area contributed by atoms with Gasteiger partial charge in [0.1, 0.15) is 5.75 Å². The van der Waals surface area contributed by atoms with Gasteiger partial charge < -0.3 is 20.1 Å². The van der Waals surface area contributed by atoms with Crippen LogP contribution in [-0.4, -0.2) is 48.4 Å². The van der Waals surface area contributed by atoms with Gasteiger partial charge in [0, 0.05) is 25.2 Å². The summed E-state index contributed by atoms with van der Waals surface area (Å²) in [5, 5.41) is 22.6. The predicted molar refractivity (Wildman–Crippen MR) is 98.3 cm³/mol. The second-order valence-corrected chi connectivity index (χ2v) is 7.41. The zero-order chi connectivity index (χ0) is 18.6. The molecule has 0 aromatic heterocycles. The number of nitrogens with zero attached hydrogens (tertiary/aromatic N) is 2. The van der Waals surface area contributed by atoms with Crippen molar-refractivity contribution in [1.29, 1.82) is 5.26 Å². The van der Waals surface area contributed by atoms with Crippen LogP contribution in [0.5, 0.6) is 5.75 Å². The number of nitriles is 1. The van der Waals surface area contributed by atoms with E-state index in [0.717, 1.165) is 49.8 Å². The molecule has 0 unspecified atom stereocenters. The van der Waals surface area contributed by atoms with Crippen LogP contribution in [0.15, 0.2) is 24.3 Å². The number of rotatable bonds is 4. The smallest absolute Gasteiger partial charge is 0.407 e. The van der Waals surface area contributed by atoms with Crippen LogP contribution in [-0.2, 0) is 5.41 Å². The summed E-state index contributed by atoms with van der Waals surface area (Å²) in [6.45, 7) is 1.21. The molecule has 1 saturated carbocycles. The van der Waals surface area contributed by atoms with E-state index in [2.05, 4.69) is 11.4 Å². The van der Waals surface area contributed by atoms with Crippen LogP contribution < -0.4 is 10.1 Å². The first kappa shape index (κ1) is 18.5. The lowest BCUT2D eigenvalue weighted by Crippen LogP contribution is -2.49. The minimum absolute atomic E-state index is 0.377. The van der Waals surface area contributed by atoms with Crippen LogP contribution >= 0.6 is 0 Å². The molecule has 6 nitrogen and oxygen atoms in total. The largest absolute Gasteiger partial charge is 0.497 e. The fourth-order valence-electron chi connectivity index (χ4n) is 4.23. The summed E-state index contributed by atoms with van der Waals surface area (Å²) >= 11 is 0. The van der Waals surface area contributed by atoms with E-state index in [1.54, 1.807) is 7.11 Å². The molecule has 1 amide bonds. The predicted octanol–water partition coefficient (Wildman–Crippen LogP) is 3.13. The molecule has 1 aromatic rings. The number of hydrogen-bond donors (Lipinski definition) is 2. The minimum atomic E-state index is -0.821. The summed E-state index contributed by atoms with van der Waals surface area (Å²) in [5.41, 5.74) is 0.618. The first-order valence-corrected chi connectivity index (χ1v) is 9.36. The van der Waals surface area contributed by atoms with E-state index in [4.69, 9.17) is 9.84 Å². The maximum Gasteiger partial charge on any atom is 0.407 e. The molecule has 3 rings (SSSR count). The van der Waals surface area contributed by atoms with Crippen molar-refractivity contribution in [1.82, 2.24) is 10.2 Å². The van der Waals surface area contributed by atoms with E-state index in [1.807, 2.05) is 24.3 Å². The number of carbonyl (C=O) groups is 1.